The molecule has 0 bridgehead atoms. The Labute approximate surface area is 192 Å². The second-order valence-corrected chi connectivity index (χ2v) is 9.20. The number of piperidine rings is 1. The first-order chi connectivity index (χ1) is 15.9. The van der Waals surface area contributed by atoms with Gasteiger partial charge in [0.1, 0.15) is 5.82 Å². The highest BCUT2D eigenvalue weighted by atomic mass is 16.4. The number of benzene rings is 1. The van der Waals surface area contributed by atoms with Crippen molar-refractivity contribution in [3.8, 4) is 11.3 Å². The smallest absolute Gasteiger partial charge is 0.407 e. The van der Waals surface area contributed by atoms with Crippen LogP contribution in [0.1, 0.15) is 45.4 Å². The van der Waals surface area contributed by atoms with Crippen LogP contribution < -0.4 is 16.4 Å². The fourth-order valence-corrected chi connectivity index (χ4v) is 5.37. The van der Waals surface area contributed by atoms with Crippen LogP contribution in [-0.2, 0) is 0 Å². The zero-order valence-electron chi connectivity index (χ0n) is 18.7. The van der Waals surface area contributed by atoms with Crippen LogP contribution in [0, 0.1) is 0 Å². The Kier molecular flexibility index (Phi) is 5.43. The molecule has 2 aliphatic rings. The number of rotatable bonds is 4. The van der Waals surface area contributed by atoms with Gasteiger partial charge in [0.2, 0.25) is 5.95 Å². The van der Waals surface area contributed by atoms with E-state index in [1.807, 2.05) is 24.3 Å². The van der Waals surface area contributed by atoms with Crippen LogP contribution in [0.3, 0.4) is 0 Å². The highest BCUT2D eigenvalue weighted by Gasteiger charge is 2.37. The fraction of sp³-hybridized carbons (Fsp3) is 0.478. The molecule has 0 unspecified atom stereocenters. The number of carbonyl (C=O) groups is 1. The molecule has 3 aromatic rings. The summed E-state index contributed by atoms with van der Waals surface area (Å²) in [6.45, 7) is 2.74. The highest BCUT2D eigenvalue weighted by molar-refractivity contribution is 5.91. The number of aromatic nitrogens is 4. The molecule has 5 rings (SSSR count). The van der Waals surface area contributed by atoms with Gasteiger partial charge < -0.3 is 26.4 Å². The number of carboxylic acid groups (broad SMARTS) is 1. The standard InChI is InChI=1S/C23H30N8O2/c1-13-6-8-16(31(23(32)33)15-4-2-3-5-15)12-30(13)20-11-18(26-22(25)27-20)14-7-9-17-19(10-14)28-29-21(17)24/h7,9-11,13,15-16H,2-6,8,12H2,1H3,(H,32,33)(H3,24,28,29)(H2,25,26,27)/t13-,16+/m1/s1. The van der Waals surface area contributed by atoms with Crippen molar-refractivity contribution in [3.05, 3.63) is 24.3 Å². The van der Waals surface area contributed by atoms with Crippen molar-refractivity contribution in [3.63, 3.8) is 0 Å². The molecule has 174 valence electrons. The van der Waals surface area contributed by atoms with E-state index in [1.54, 1.807) is 4.90 Å². The van der Waals surface area contributed by atoms with Gasteiger partial charge >= 0.3 is 6.09 Å². The van der Waals surface area contributed by atoms with Gasteiger partial charge in [0, 0.05) is 35.6 Å². The summed E-state index contributed by atoms with van der Waals surface area (Å²) >= 11 is 0. The molecule has 1 amide bonds. The van der Waals surface area contributed by atoms with Crippen LogP contribution in [0.4, 0.5) is 22.4 Å². The molecule has 0 radical (unpaired) electrons. The third-order valence-corrected chi connectivity index (χ3v) is 7.10. The van der Waals surface area contributed by atoms with Crippen LogP contribution in [0.2, 0.25) is 0 Å². The third kappa shape index (κ3) is 4.01. The molecule has 3 heterocycles. The van der Waals surface area contributed by atoms with E-state index < -0.39 is 6.09 Å². The zero-order valence-corrected chi connectivity index (χ0v) is 18.7. The summed E-state index contributed by atoms with van der Waals surface area (Å²) in [5.41, 5.74) is 14.4. The van der Waals surface area contributed by atoms with Gasteiger partial charge in [-0.25, -0.2) is 9.78 Å². The van der Waals surface area contributed by atoms with Crippen LogP contribution in [0.5, 0.6) is 0 Å². The molecular weight excluding hydrogens is 420 g/mol. The molecule has 1 aliphatic heterocycles. The van der Waals surface area contributed by atoms with Crippen molar-refractivity contribution in [2.24, 2.45) is 0 Å². The Bertz CT molecular complexity index is 1170. The van der Waals surface area contributed by atoms with Gasteiger partial charge in [0.15, 0.2) is 5.82 Å². The SMILES string of the molecule is C[C@@H]1CC[C@H](N(C(=O)O)C2CCCC2)CN1c1cc(-c2ccc3c(N)n[nH]c3c2)nc(N)n1. The van der Waals surface area contributed by atoms with Crippen LogP contribution in [0.25, 0.3) is 22.2 Å². The average molecular weight is 451 g/mol. The topological polar surface area (TPSA) is 150 Å². The maximum absolute atomic E-state index is 12.2. The number of anilines is 3. The van der Waals surface area contributed by atoms with E-state index in [9.17, 15) is 9.90 Å². The number of hydrogen-bond acceptors (Lipinski definition) is 7. The predicted molar refractivity (Wildman–Crippen MR) is 128 cm³/mol. The van der Waals surface area contributed by atoms with Crippen molar-refractivity contribution in [2.75, 3.05) is 22.9 Å². The van der Waals surface area contributed by atoms with Crippen LogP contribution in [-0.4, -0.2) is 60.9 Å². The normalized spacial score (nSPS) is 21.5. The molecule has 2 atom stereocenters. The zero-order chi connectivity index (χ0) is 23.1. The first kappa shape index (κ1) is 21.3. The van der Waals surface area contributed by atoms with E-state index >= 15 is 0 Å². The first-order valence-electron chi connectivity index (χ1n) is 11.6. The summed E-state index contributed by atoms with van der Waals surface area (Å²) in [5, 5.41) is 17.8. The summed E-state index contributed by atoms with van der Waals surface area (Å²) in [6.07, 6.45) is 5.01. The van der Waals surface area contributed by atoms with Gasteiger partial charge in [-0.05, 0) is 44.7 Å². The molecule has 6 N–H and O–H groups in total. The van der Waals surface area contributed by atoms with Crippen LogP contribution in [0.15, 0.2) is 24.3 Å². The molecule has 33 heavy (non-hydrogen) atoms. The average Bonchev–Trinajstić information content (AvgIpc) is 3.44. The Morgan fingerprint density at radius 3 is 2.67 bits per heavy atom. The lowest BCUT2D eigenvalue weighted by atomic mass is 9.96. The minimum Gasteiger partial charge on any atom is -0.465 e. The maximum atomic E-state index is 12.2. The van der Waals surface area contributed by atoms with Gasteiger partial charge in [-0.3, -0.25) is 5.10 Å². The Morgan fingerprint density at radius 2 is 1.91 bits per heavy atom. The molecule has 1 aliphatic carbocycles. The molecule has 2 fully saturated rings. The van der Waals surface area contributed by atoms with Crippen LogP contribution >= 0.6 is 0 Å². The fourth-order valence-electron chi connectivity index (χ4n) is 5.37. The lowest BCUT2D eigenvalue weighted by Crippen LogP contribution is -2.55. The second-order valence-electron chi connectivity index (χ2n) is 9.20. The Balaban J connectivity index is 1.45. The number of nitrogens with one attached hydrogen (secondary N) is 1. The molecule has 10 nitrogen and oxygen atoms in total. The summed E-state index contributed by atoms with van der Waals surface area (Å²) in [5.74, 6) is 1.36. The van der Waals surface area contributed by atoms with E-state index in [0.29, 0.717) is 18.1 Å². The van der Waals surface area contributed by atoms with E-state index in [-0.39, 0.29) is 24.1 Å². The molecule has 1 aromatic carbocycles. The lowest BCUT2D eigenvalue weighted by molar-refractivity contribution is 0.0901. The summed E-state index contributed by atoms with van der Waals surface area (Å²) in [7, 11) is 0. The predicted octanol–water partition coefficient (Wildman–Crippen LogP) is 3.46. The monoisotopic (exact) mass is 450 g/mol. The molecule has 0 spiro atoms. The van der Waals surface area contributed by atoms with Gasteiger partial charge in [-0.1, -0.05) is 18.9 Å². The Hall–Kier alpha value is -3.56. The summed E-state index contributed by atoms with van der Waals surface area (Å²) in [6, 6.07) is 7.99. The van der Waals surface area contributed by atoms with E-state index in [0.717, 1.165) is 60.8 Å². The van der Waals surface area contributed by atoms with Gasteiger partial charge in [0.05, 0.1) is 17.3 Å². The number of nitrogen functional groups attached to an aromatic ring is 2. The first-order valence-corrected chi connectivity index (χ1v) is 11.6. The number of aromatic amines is 1. The van der Waals surface area contributed by atoms with Crippen molar-refractivity contribution in [1.82, 2.24) is 25.1 Å². The second kappa shape index (κ2) is 8.42. The van der Waals surface area contributed by atoms with E-state index in [1.165, 1.54) is 0 Å². The molecule has 2 aromatic heterocycles. The van der Waals surface area contributed by atoms with Crippen molar-refractivity contribution < 1.29 is 9.90 Å². The maximum Gasteiger partial charge on any atom is 0.407 e. The van der Waals surface area contributed by atoms with E-state index in [2.05, 4.69) is 32.0 Å². The van der Waals surface area contributed by atoms with E-state index in [4.69, 9.17) is 11.5 Å². The highest BCUT2D eigenvalue weighted by Crippen LogP contribution is 2.33. The largest absolute Gasteiger partial charge is 0.465 e. The van der Waals surface area contributed by atoms with Gasteiger partial charge in [-0.2, -0.15) is 10.1 Å². The summed E-state index contributed by atoms with van der Waals surface area (Å²) < 4.78 is 0. The number of fused-ring (bicyclic) bond motifs is 1. The minimum atomic E-state index is -0.823. The third-order valence-electron chi connectivity index (χ3n) is 7.10. The molecule has 10 heteroatoms. The minimum absolute atomic E-state index is 0.0641. The van der Waals surface area contributed by atoms with Crippen molar-refractivity contribution in [2.45, 2.75) is 63.6 Å². The number of nitrogens with zero attached hydrogens (tertiary/aromatic N) is 5. The van der Waals surface area contributed by atoms with Crippen molar-refractivity contribution >= 4 is 34.6 Å². The number of amides is 1. The number of nitrogens with two attached hydrogens (primary N) is 2. The number of hydrogen-bond donors (Lipinski definition) is 4. The molecular formula is C23H30N8O2. The quantitative estimate of drug-likeness (QED) is 0.472. The molecule has 1 saturated heterocycles. The summed E-state index contributed by atoms with van der Waals surface area (Å²) in [4.78, 5) is 25.0. The number of H-pyrrole nitrogens is 1. The molecule has 1 saturated carbocycles. The van der Waals surface area contributed by atoms with Crippen molar-refractivity contribution in [1.29, 1.82) is 0 Å². The lowest BCUT2D eigenvalue weighted by Gasteiger charge is -2.44. The van der Waals surface area contributed by atoms with Gasteiger partial charge in [-0.15, -0.1) is 0 Å². The Morgan fingerprint density at radius 1 is 1.12 bits per heavy atom. The van der Waals surface area contributed by atoms with Gasteiger partial charge in [0.25, 0.3) is 0 Å².